The smallest absolute Gasteiger partial charge is 0.243 e. The maximum Gasteiger partial charge on any atom is 0.243 e. The lowest BCUT2D eigenvalue weighted by atomic mass is 9.84. The number of hydrogen-bond donors (Lipinski definition) is 5. The highest BCUT2D eigenvalue weighted by Crippen LogP contribution is 2.27. The molecule has 1 saturated carbocycles. The van der Waals surface area contributed by atoms with Gasteiger partial charge in [0.15, 0.2) is 0 Å². The van der Waals surface area contributed by atoms with E-state index in [-0.39, 0.29) is 38.0 Å². The molecule has 1 unspecified atom stereocenters. The van der Waals surface area contributed by atoms with Gasteiger partial charge in [0.2, 0.25) is 23.6 Å². The molecule has 0 saturated heterocycles. The van der Waals surface area contributed by atoms with Crippen LogP contribution in [0, 0.1) is 11.8 Å². The van der Waals surface area contributed by atoms with Crippen LogP contribution in [0.25, 0.3) is 0 Å². The lowest BCUT2D eigenvalue weighted by molar-refractivity contribution is -0.131. The molecular formula is C24H39N5O6. The van der Waals surface area contributed by atoms with Crippen molar-refractivity contribution in [3.05, 3.63) is 12.2 Å². The van der Waals surface area contributed by atoms with Gasteiger partial charge in [0.25, 0.3) is 0 Å². The molecule has 5 N–H and O–H groups in total. The number of hydrogen-bond acceptors (Lipinski definition) is 7. The zero-order chi connectivity index (χ0) is 26.1. The first-order valence-corrected chi connectivity index (χ1v) is 12.1. The second kappa shape index (κ2) is 17.4. The summed E-state index contributed by atoms with van der Waals surface area (Å²) < 4.78 is 0. The molecule has 4 amide bonds. The largest absolute Gasteiger partial charge is 0.354 e. The van der Waals surface area contributed by atoms with Gasteiger partial charge in [-0.05, 0) is 31.4 Å². The topological polar surface area (TPSA) is 163 Å². The van der Waals surface area contributed by atoms with E-state index in [1.165, 1.54) is 12.2 Å². The Balaban J connectivity index is 2.59. The fourth-order valence-electron chi connectivity index (χ4n) is 3.96. The van der Waals surface area contributed by atoms with Crippen LogP contribution in [-0.4, -0.2) is 75.0 Å². The van der Waals surface area contributed by atoms with Crippen LogP contribution in [0.3, 0.4) is 0 Å². The Morgan fingerprint density at radius 1 is 0.914 bits per heavy atom. The van der Waals surface area contributed by atoms with Crippen LogP contribution in [0.1, 0.15) is 51.9 Å². The third-order valence-electron chi connectivity index (χ3n) is 6.05. The number of allylic oxidation sites excluding steroid dienone is 1. The molecule has 0 spiro atoms. The maximum absolute atomic E-state index is 12.8. The minimum absolute atomic E-state index is 0.0341. The summed E-state index contributed by atoms with van der Waals surface area (Å²) in [7, 11) is 1.66. The van der Waals surface area contributed by atoms with Crippen molar-refractivity contribution in [2.24, 2.45) is 11.8 Å². The average Bonchev–Trinajstić information content (AvgIpc) is 2.86. The van der Waals surface area contributed by atoms with Gasteiger partial charge in [0.05, 0.1) is 19.1 Å². The molecule has 1 aliphatic carbocycles. The lowest BCUT2D eigenvalue weighted by Gasteiger charge is -2.26. The van der Waals surface area contributed by atoms with Gasteiger partial charge >= 0.3 is 0 Å². The summed E-state index contributed by atoms with van der Waals surface area (Å²) in [4.78, 5) is 70.3. The molecule has 11 nitrogen and oxygen atoms in total. The van der Waals surface area contributed by atoms with Gasteiger partial charge in [-0.15, -0.1) is 0 Å². The summed E-state index contributed by atoms with van der Waals surface area (Å²) in [5.74, 6) is -1.64. The molecule has 1 aliphatic rings. The molecule has 196 valence electrons. The molecular weight excluding hydrogens is 454 g/mol. The molecule has 0 heterocycles. The van der Waals surface area contributed by atoms with Crippen LogP contribution < -0.4 is 26.6 Å². The third kappa shape index (κ3) is 12.8. The molecule has 0 radical (unpaired) electrons. The van der Waals surface area contributed by atoms with Crippen LogP contribution in [0.15, 0.2) is 12.2 Å². The third-order valence-corrected chi connectivity index (χ3v) is 6.05. The Kier molecular flexibility index (Phi) is 14.9. The van der Waals surface area contributed by atoms with Crippen LogP contribution in [0.5, 0.6) is 0 Å². The summed E-state index contributed by atoms with van der Waals surface area (Å²) in [6.45, 7) is 1.53. The quantitative estimate of drug-likeness (QED) is 0.141. The van der Waals surface area contributed by atoms with E-state index in [2.05, 4.69) is 26.6 Å². The average molecular weight is 494 g/mol. The van der Waals surface area contributed by atoms with Gasteiger partial charge < -0.3 is 31.4 Å². The van der Waals surface area contributed by atoms with Gasteiger partial charge in [-0.25, -0.2) is 0 Å². The highest BCUT2D eigenvalue weighted by molar-refractivity contribution is 5.92. The zero-order valence-corrected chi connectivity index (χ0v) is 20.6. The molecule has 0 aromatic rings. The van der Waals surface area contributed by atoms with E-state index in [9.17, 15) is 28.8 Å². The molecule has 3 atom stereocenters. The first-order chi connectivity index (χ1) is 16.8. The van der Waals surface area contributed by atoms with Gasteiger partial charge in [-0.1, -0.05) is 45.1 Å². The van der Waals surface area contributed by atoms with E-state index in [4.69, 9.17) is 0 Å². The number of likely N-dealkylation sites (N-methyl/N-ethyl adjacent to an activating group) is 1. The van der Waals surface area contributed by atoms with Crippen molar-refractivity contribution in [1.82, 2.24) is 26.6 Å². The van der Waals surface area contributed by atoms with E-state index >= 15 is 0 Å². The van der Waals surface area contributed by atoms with Crippen LogP contribution in [-0.2, 0) is 28.8 Å². The Morgan fingerprint density at radius 3 is 2.23 bits per heavy atom. The molecule has 1 fully saturated rings. The minimum atomic E-state index is -0.826. The van der Waals surface area contributed by atoms with Crippen molar-refractivity contribution in [1.29, 1.82) is 0 Å². The molecule has 0 aromatic heterocycles. The van der Waals surface area contributed by atoms with Crippen molar-refractivity contribution >= 4 is 36.2 Å². The summed E-state index contributed by atoms with van der Waals surface area (Å²) in [5.41, 5.74) is 0. The number of rotatable bonds is 16. The predicted octanol–water partition coefficient (Wildman–Crippen LogP) is -0.642. The molecule has 0 bridgehead atoms. The summed E-state index contributed by atoms with van der Waals surface area (Å²) in [6, 6.07) is -1.21. The van der Waals surface area contributed by atoms with Gasteiger partial charge in [-0.3, -0.25) is 24.0 Å². The van der Waals surface area contributed by atoms with Crippen LogP contribution in [0.4, 0.5) is 0 Å². The Labute approximate surface area is 206 Å². The van der Waals surface area contributed by atoms with Gasteiger partial charge in [-0.2, -0.15) is 0 Å². The monoisotopic (exact) mass is 493 g/mol. The van der Waals surface area contributed by atoms with E-state index in [1.54, 1.807) is 7.05 Å². The van der Waals surface area contributed by atoms with E-state index in [1.807, 2.05) is 6.92 Å². The normalized spacial score (nSPS) is 16.5. The highest BCUT2D eigenvalue weighted by atomic mass is 16.2. The first kappa shape index (κ1) is 30.0. The molecule has 35 heavy (non-hydrogen) atoms. The summed E-state index contributed by atoms with van der Waals surface area (Å²) in [5, 5.41) is 13.2. The predicted molar refractivity (Wildman–Crippen MR) is 130 cm³/mol. The summed E-state index contributed by atoms with van der Waals surface area (Å²) >= 11 is 0. The minimum Gasteiger partial charge on any atom is -0.354 e. The second-order valence-electron chi connectivity index (χ2n) is 8.85. The van der Waals surface area contributed by atoms with Crippen LogP contribution in [0.2, 0.25) is 0 Å². The standard InChI is InChI=1S/C24H39N5O6/c1-17(20(16-31)25-2)13-26-22(33)14-28-24(35)19(12-18-8-4-3-5-9-18)29-23(34)15-27-21(32)10-6-7-11-30/h6-7,11,16-20,25H,3-5,8-10,12-15H2,1-2H3,(H,26,33)(H,27,32)(H,28,35)(H,29,34)/t17?,19-,20+/m0/s1. The molecule has 1 rings (SSSR count). The molecule has 0 aliphatic heterocycles. The van der Waals surface area contributed by atoms with Crippen LogP contribution >= 0.6 is 0 Å². The number of carbonyl (C=O) groups excluding carboxylic acids is 6. The number of carbonyl (C=O) groups is 6. The molecule has 0 aromatic carbocycles. The number of amides is 4. The van der Waals surface area contributed by atoms with E-state index in [0.29, 0.717) is 18.6 Å². The number of aldehydes is 2. The Hall–Kier alpha value is -3.08. The lowest BCUT2D eigenvalue weighted by Crippen LogP contribution is -2.52. The fourth-order valence-corrected chi connectivity index (χ4v) is 3.96. The second-order valence-corrected chi connectivity index (χ2v) is 8.85. The first-order valence-electron chi connectivity index (χ1n) is 12.1. The Morgan fingerprint density at radius 2 is 1.60 bits per heavy atom. The highest BCUT2D eigenvalue weighted by Gasteiger charge is 2.26. The van der Waals surface area contributed by atoms with Crippen molar-refractivity contribution in [2.75, 3.05) is 26.7 Å². The summed E-state index contributed by atoms with van der Waals surface area (Å²) in [6.07, 6.45) is 9.58. The maximum atomic E-state index is 12.8. The SMILES string of the molecule is CN[C@H](C=O)C(C)CNC(=O)CNC(=O)[C@H](CC1CCCCC1)NC(=O)CNC(=O)CC=CC=O. The fraction of sp³-hybridized carbons (Fsp3) is 0.667. The van der Waals surface area contributed by atoms with Crippen molar-refractivity contribution in [3.8, 4) is 0 Å². The van der Waals surface area contributed by atoms with Crippen molar-refractivity contribution in [3.63, 3.8) is 0 Å². The number of nitrogens with one attached hydrogen (secondary N) is 5. The van der Waals surface area contributed by atoms with E-state index < -0.39 is 29.7 Å². The van der Waals surface area contributed by atoms with Crippen molar-refractivity contribution in [2.45, 2.75) is 64.0 Å². The van der Waals surface area contributed by atoms with Gasteiger partial charge in [0.1, 0.15) is 18.6 Å². The molecule has 11 heteroatoms. The van der Waals surface area contributed by atoms with Crippen molar-refractivity contribution < 1.29 is 28.8 Å². The zero-order valence-electron chi connectivity index (χ0n) is 20.6. The van der Waals surface area contributed by atoms with Gasteiger partial charge in [0, 0.05) is 13.0 Å². The Bertz CT molecular complexity index is 751. The van der Waals surface area contributed by atoms with E-state index in [0.717, 1.165) is 38.4 Å².